The van der Waals surface area contributed by atoms with Gasteiger partial charge in [0.15, 0.2) is 0 Å². The number of nitrogens with one attached hydrogen (secondary N) is 1. The van der Waals surface area contributed by atoms with E-state index in [2.05, 4.69) is 10.4 Å². The maximum atomic E-state index is 12.3. The number of nitrogens with zero attached hydrogens (tertiary/aromatic N) is 3. The summed E-state index contributed by atoms with van der Waals surface area (Å²) in [4.78, 5) is 35.5. The quantitative estimate of drug-likeness (QED) is 0.514. The van der Waals surface area contributed by atoms with Crippen molar-refractivity contribution in [1.82, 2.24) is 9.78 Å². The van der Waals surface area contributed by atoms with E-state index < -0.39 is 16.4 Å². The number of nitro benzene ring substituents is 1. The zero-order valence-electron chi connectivity index (χ0n) is 14.1. The van der Waals surface area contributed by atoms with Gasteiger partial charge < -0.3 is 10.1 Å². The van der Waals surface area contributed by atoms with Crippen molar-refractivity contribution in [1.29, 1.82) is 0 Å². The van der Waals surface area contributed by atoms with Gasteiger partial charge in [-0.1, -0.05) is 6.07 Å². The highest BCUT2D eigenvalue weighted by atomic mass is 32.1. The largest absolute Gasteiger partial charge is 0.494 e. The van der Waals surface area contributed by atoms with Crippen LogP contribution in [0.4, 0.5) is 11.4 Å². The Morgan fingerprint density at radius 2 is 2.15 bits per heavy atom. The van der Waals surface area contributed by atoms with Crippen molar-refractivity contribution in [2.45, 2.75) is 6.54 Å². The predicted octanol–water partition coefficient (Wildman–Crippen LogP) is 2.53. The molecule has 0 saturated carbocycles. The summed E-state index contributed by atoms with van der Waals surface area (Å²) in [6.07, 6.45) is 0. The van der Waals surface area contributed by atoms with Crippen LogP contribution in [-0.4, -0.2) is 27.7 Å². The first-order chi connectivity index (χ1) is 13.0. The Morgan fingerprint density at radius 1 is 1.33 bits per heavy atom. The lowest BCUT2D eigenvalue weighted by molar-refractivity contribution is -0.384. The molecule has 27 heavy (non-hydrogen) atoms. The summed E-state index contributed by atoms with van der Waals surface area (Å²) in [5, 5.41) is 19.5. The smallest absolute Gasteiger partial charge is 0.273 e. The molecule has 9 nitrogen and oxygen atoms in total. The molecule has 2 heterocycles. The van der Waals surface area contributed by atoms with Gasteiger partial charge in [-0.25, -0.2) is 4.68 Å². The predicted molar refractivity (Wildman–Crippen MR) is 100 cm³/mol. The zero-order valence-corrected chi connectivity index (χ0v) is 14.9. The molecule has 3 rings (SSSR count). The second-order valence-corrected chi connectivity index (χ2v) is 6.33. The van der Waals surface area contributed by atoms with Gasteiger partial charge in [0.1, 0.15) is 18.0 Å². The van der Waals surface area contributed by atoms with E-state index in [-0.39, 0.29) is 23.7 Å². The summed E-state index contributed by atoms with van der Waals surface area (Å²) in [5.74, 6) is -0.370. The van der Waals surface area contributed by atoms with Crippen LogP contribution >= 0.6 is 11.3 Å². The number of aromatic nitrogens is 2. The fraction of sp³-hybridized carbons (Fsp3) is 0.118. The Hall–Kier alpha value is -3.53. The fourth-order valence-corrected chi connectivity index (χ4v) is 3.03. The van der Waals surface area contributed by atoms with Crippen molar-refractivity contribution in [3.05, 3.63) is 68.3 Å². The van der Waals surface area contributed by atoms with Gasteiger partial charge in [0.2, 0.25) is 5.91 Å². The molecule has 0 saturated heterocycles. The number of carbonyl (C=O) groups is 1. The minimum absolute atomic E-state index is 0.144. The summed E-state index contributed by atoms with van der Waals surface area (Å²) < 4.78 is 6.13. The molecule has 0 aliphatic rings. The first kappa shape index (κ1) is 18.3. The number of ether oxygens (including phenoxy) is 1. The Labute approximate surface area is 157 Å². The van der Waals surface area contributed by atoms with Crippen molar-refractivity contribution in [2.24, 2.45) is 0 Å². The second-order valence-electron chi connectivity index (χ2n) is 5.38. The molecule has 3 aromatic rings. The third-order valence-electron chi connectivity index (χ3n) is 3.60. The van der Waals surface area contributed by atoms with Crippen LogP contribution in [0.1, 0.15) is 0 Å². The van der Waals surface area contributed by atoms with Crippen LogP contribution in [0.2, 0.25) is 0 Å². The number of hydrogen-bond donors (Lipinski definition) is 1. The first-order valence-corrected chi connectivity index (χ1v) is 8.60. The van der Waals surface area contributed by atoms with Gasteiger partial charge >= 0.3 is 0 Å². The number of non-ortho nitro benzene ring substituents is 1. The SMILES string of the molecule is COc1cc([N+](=O)[O-])ccc1NC(=O)Cn1nc(-c2cccs2)ccc1=O. The maximum absolute atomic E-state index is 12.3. The van der Waals surface area contributed by atoms with E-state index in [4.69, 9.17) is 4.74 Å². The van der Waals surface area contributed by atoms with Gasteiger partial charge in [-0.15, -0.1) is 11.3 Å². The standard InChI is InChI=1S/C17H14N4O5S/c1-26-14-9-11(21(24)25)4-5-12(14)18-16(22)10-20-17(23)7-6-13(19-20)15-3-2-8-27-15/h2-9H,10H2,1H3,(H,18,22). The molecule has 0 aliphatic carbocycles. The molecule has 0 spiro atoms. The van der Waals surface area contributed by atoms with E-state index in [1.807, 2.05) is 17.5 Å². The fourth-order valence-electron chi connectivity index (χ4n) is 2.34. The molecule has 0 fully saturated rings. The van der Waals surface area contributed by atoms with Crippen molar-refractivity contribution in [3.63, 3.8) is 0 Å². The van der Waals surface area contributed by atoms with Crippen molar-refractivity contribution in [3.8, 4) is 16.3 Å². The number of methoxy groups -OCH3 is 1. The van der Waals surface area contributed by atoms with Gasteiger partial charge in [0.05, 0.1) is 28.7 Å². The Kier molecular flexibility index (Phi) is 5.27. The molecule has 10 heteroatoms. The van der Waals surface area contributed by atoms with Crippen LogP contribution < -0.4 is 15.6 Å². The summed E-state index contributed by atoms with van der Waals surface area (Å²) in [6.45, 7) is -0.307. The number of rotatable bonds is 6. The Bertz CT molecular complexity index is 1050. The van der Waals surface area contributed by atoms with Gasteiger partial charge in [0.25, 0.3) is 11.2 Å². The third-order valence-corrected chi connectivity index (χ3v) is 4.50. The maximum Gasteiger partial charge on any atom is 0.273 e. The number of hydrogen-bond acceptors (Lipinski definition) is 7. The molecular weight excluding hydrogens is 372 g/mol. The molecule has 0 bridgehead atoms. The lowest BCUT2D eigenvalue weighted by Gasteiger charge is -2.11. The second kappa shape index (κ2) is 7.79. The molecule has 0 radical (unpaired) electrons. The monoisotopic (exact) mass is 386 g/mol. The summed E-state index contributed by atoms with van der Waals surface area (Å²) in [6, 6.07) is 10.5. The third kappa shape index (κ3) is 4.18. The number of benzene rings is 1. The first-order valence-electron chi connectivity index (χ1n) is 7.72. The molecule has 1 N–H and O–H groups in total. The van der Waals surface area contributed by atoms with E-state index in [9.17, 15) is 19.7 Å². The normalized spacial score (nSPS) is 10.4. The topological polar surface area (TPSA) is 116 Å². The average molecular weight is 386 g/mol. The van der Waals surface area contributed by atoms with Crippen LogP contribution in [0.5, 0.6) is 5.75 Å². The van der Waals surface area contributed by atoms with Crippen LogP contribution in [0.25, 0.3) is 10.6 Å². The molecular formula is C17H14N4O5S. The molecule has 2 aromatic heterocycles. The number of thiophene rings is 1. The van der Waals surface area contributed by atoms with E-state index in [0.29, 0.717) is 5.69 Å². The molecule has 0 atom stereocenters. The zero-order chi connectivity index (χ0) is 19.4. The van der Waals surface area contributed by atoms with Crippen molar-refractivity contribution in [2.75, 3.05) is 12.4 Å². The highest BCUT2D eigenvalue weighted by Gasteiger charge is 2.14. The van der Waals surface area contributed by atoms with Crippen LogP contribution in [0.3, 0.4) is 0 Å². The highest BCUT2D eigenvalue weighted by Crippen LogP contribution is 2.29. The van der Waals surface area contributed by atoms with Gasteiger partial charge in [-0.3, -0.25) is 19.7 Å². The number of amides is 1. The Morgan fingerprint density at radius 3 is 2.81 bits per heavy atom. The lowest BCUT2D eigenvalue weighted by atomic mass is 10.2. The van der Waals surface area contributed by atoms with E-state index >= 15 is 0 Å². The molecule has 1 aromatic carbocycles. The molecule has 1 amide bonds. The van der Waals surface area contributed by atoms with Crippen molar-refractivity contribution < 1.29 is 14.5 Å². The van der Waals surface area contributed by atoms with E-state index in [1.54, 1.807) is 6.07 Å². The van der Waals surface area contributed by atoms with Gasteiger partial charge in [-0.05, 0) is 23.6 Å². The summed E-state index contributed by atoms with van der Waals surface area (Å²) in [7, 11) is 1.34. The number of carbonyl (C=O) groups excluding carboxylic acids is 1. The number of anilines is 1. The van der Waals surface area contributed by atoms with Crippen LogP contribution in [0, 0.1) is 10.1 Å². The van der Waals surface area contributed by atoms with Crippen LogP contribution in [0.15, 0.2) is 52.6 Å². The minimum Gasteiger partial charge on any atom is -0.494 e. The van der Waals surface area contributed by atoms with E-state index in [0.717, 1.165) is 9.56 Å². The molecule has 0 aliphatic heterocycles. The summed E-state index contributed by atoms with van der Waals surface area (Å²) >= 11 is 1.47. The molecule has 138 valence electrons. The average Bonchev–Trinajstić information content (AvgIpc) is 3.18. The lowest BCUT2D eigenvalue weighted by Crippen LogP contribution is -2.29. The Balaban J connectivity index is 1.79. The highest BCUT2D eigenvalue weighted by molar-refractivity contribution is 7.13. The van der Waals surface area contributed by atoms with Crippen molar-refractivity contribution >= 4 is 28.6 Å². The van der Waals surface area contributed by atoms with Crippen LogP contribution in [-0.2, 0) is 11.3 Å². The van der Waals surface area contributed by atoms with Gasteiger partial charge in [0, 0.05) is 12.1 Å². The summed E-state index contributed by atoms with van der Waals surface area (Å²) in [5.41, 5.74) is 0.272. The minimum atomic E-state index is -0.562. The van der Waals surface area contributed by atoms with Gasteiger partial charge in [-0.2, -0.15) is 5.10 Å². The van der Waals surface area contributed by atoms with E-state index in [1.165, 1.54) is 42.7 Å². The molecule has 0 unspecified atom stereocenters. The number of nitro groups is 1.